The van der Waals surface area contributed by atoms with Gasteiger partial charge in [-0.15, -0.1) is 0 Å². The lowest BCUT2D eigenvalue weighted by atomic mass is 10.2. The Morgan fingerprint density at radius 1 is 1.36 bits per heavy atom. The van der Waals surface area contributed by atoms with Crippen molar-refractivity contribution in [2.24, 2.45) is 0 Å². The van der Waals surface area contributed by atoms with Crippen LogP contribution in [0.25, 0.3) is 0 Å². The van der Waals surface area contributed by atoms with E-state index < -0.39 is 6.29 Å². The molecule has 0 saturated carbocycles. The fourth-order valence-corrected chi connectivity index (χ4v) is 1.03. The van der Waals surface area contributed by atoms with Crippen molar-refractivity contribution >= 4 is 15.9 Å². The van der Waals surface area contributed by atoms with Gasteiger partial charge in [0.1, 0.15) is 0 Å². The summed E-state index contributed by atoms with van der Waals surface area (Å²) < 4.78 is 5.71. The van der Waals surface area contributed by atoms with Crippen molar-refractivity contribution in [3.8, 4) is 0 Å². The van der Waals surface area contributed by atoms with Crippen LogP contribution in [0.2, 0.25) is 0 Å². The maximum Gasteiger partial charge on any atom is 0.180 e. The van der Waals surface area contributed by atoms with Gasteiger partial charge in [0.25, 0.3) is 0 Å². The molecule has 0 spiro atoms. The van der Waals surface area contributed by atoms with Crippen molar-refractivity contribution in [1.82, 2.24) is 0 Å². The standard InChI is InChI=1S/C8H9BrO2/c1-11-8(10)6-2-4-7(9)5-3-6/h2-5,8,10H,1H3. The van der Waals surface area contributed by atoms with Crippen LogP contribution in [0, 0.1) is 0 Å². The van der Waals surface area contributed by atoms with Crippen LogP contribution in [-0.4, -0.2) is 12.2 Å². The number of ether oxygens (including phenoxy) is 1. The topological polar surface area (TPSA) is 29.5 Å². The lowest BCUT2D eigenvalue weighted by Gasteiger charge is -2.07. The molecule has 2 nitrogen and oxygen atoms in total. The van der Waals surface area contributed by atoms with Crippen LogP contribution in [0.4, 0.5) is 0 Å². The lowest BCUT2D eigenvalue weighted by molar-refractivity contribution is -0.0769. The monoisotopic (exact) mass is 216 g/mol. The van der Waals surface area contributed by atoms with E-state index in [1.54, 1.807) is 12.1 Å². The average Bonchev–Trinajstić information content (AvgIpc) is 2.05. The molecule has 1 unspecified atom stereocenters. The molecule has 0 radical (unpaired) electrons. The summed E-state index contributed by atoms with van der Waals surface area (Å²) in [4.78, 5) is 0. The first-order chi connectivity index (χ1) is 5.24. The average molecular weight is 217 g/mol. The first kappa shape index (κ1) is 8.71. The highest BCUT2D eigenvalue weighted by molar-refractivity contribution is 9.10. The van der Waals surface area contributed by atoms with Crippen LogP contribution in [0.15, 0.2) is 28.7 Å². The van der Waals surface area contributed by atoms with Crippen LogP contribution in [0.1, 0.15) is 11.9 Å². The first-order valence-electron chi connectivity index (χ1n) is 3.20. The Morgan fingerprint density at radius 3 is 2.36 bits per heavy atom. The van der Waals surface area contributed by atoms with Crippen molar-refractivity contribution < 1.29 is 9.84 Å². The van der Waals surface area contributed by atoms with E-state index in [1.807, 2.05) is 12.1 Å². The highest BCUT2D eigenvalue weighted by Crippen LogP contribution is 2.16. The third-order valence-electron chi connectivity index (χ3n) is 1.38. The highest BCUT2D eigenvalue weighted by atomic mass is 79.9. The summed E-state index contributed by atoms with van der Waals surface area (Å²) in [6.07, 6.45) is -0.817. The molecule has 1 aromatic carbocycles. The number of methoxy groups -OCH3 is 1. The Balaban J connectivity index is 2.81. The van der Waals surface area contributed by atoms with Crippen molar-refractivity contribution in [1.29, 1.82) is 0 Å². The third kappa shape index (κ3) is 2.29. The number of aliphatic hydroxyl groups excluding tert-OH is 1. The number of rotatable bonds is 2. The van der Waals surface area contributed by atoms with Crippen molar-refractivity contribution in [3.05, 3.63) is 34.3 Å². The molecule has 1 atom stereocenters. The summed E-state index contributed by atoms with van der Waals surface area (Å²) in [7, 11) is 1.46. The molecule has 0 heterocycles. The molecule has 0 fully saturated rings. The van der Waals surface area contributed by atoms with Gasteiger partial charge in [-0.2, -0.15) is 0 Å². The Hall–Kier alpha value is -0.380. The molecule has 3 heteroatoms. The van der Waals surface area contributed by atoms with Gasteiger partial charge in [-0.3, -0.25) is 0 Å². The number of hydrogen-bond acceptors (Lipinski definition) is 2. The molecule has 0 amide bonds. The minimum Gasteiger partial charge on any atom is -0.364 e. The summed E-state index contributed by atoms with van der Waals surface area (Å²) in [5.41, 5.74) is 0.760. The van der Waals surface area contributed by atoms with Crippen molar-refractivity contribution in [2.75, 3.05) is 7.11 Å². The summed E-state index contributed by atoms with van der Waals surface area (Å²) in [6, 6.07) is 7.33. The van der Waals surface area contributed by atoms with Gasteiger partial charge in [0.2, 0.25) is 0 Å². The SMILES string of the molecule is COC(O)c1ccc(Br)cc1. The molecule has 0 bridgehead atoms. The summed E-state index contributed by atoms with van der Waals surface area (Å²) in [5.74, 6) is 0. The van der Waals surface area contributed by atoms with E-state index in [0.717, 1.165) is 10.0 Å². The van der Waals surface area contributed by atoms with Gasteiger partial charge >= 0.3 is 0 Å². The Bertz CT molecular complexity index is 220. The molecule has 0 saturated heterocycles. The second kappa shape index (κ2) is 3.85. The first-order valence-corrected chi connectivity index (χ1v) is 3.99. The molecular formula is C8H9BrO2. The number of halogens is 1. The molecule has 60 valence electrons. The normalized spacial score (nSPS) is 13.0. The van der Waals surface area contributed by atoms with Gasteiger partial charge in [0.15, 0.2) is 6.29 Å². The fraction of sp³-hybridized carbons (Fsp3) is 0.250. The number of hydrogen-bond donors (Lipinski definition) is 1. The maximum absolute atomic E-state index is 9.18. The quantitative estimate of drug-likeness (QED) is 0.768. The van der Waals surface area contributed by atoms with Crippen LogP contribution in [0.5, 0.6) is 0 Å². The summed E-state index contributed by atoms with van der Waals surface area (Å²) in [5, 5.41) is 9.18. The molecule has 1 N–H and O–H groups in total. The predicted octanol–water partition coefficient (Wildman–Crippen LogP) is 2.09. The fourth-order valence-electron chi connectivity index (χ4n) is 0.763. The van der Waals surface area contributed by atoms with E-state index in [9.17, 15) is 5.11 Å². The van der Waals surface area contributed by atoms with Crippen LogP contribution >= 0.6 is 15.9 Å². The predicted molar refractivity (Wildman–Crippen MR) is 46.1 cm³/mol. The molecular weight excluding hydrogens is 208 g/mol. The van der Waals surface area contributed by atoms with Gasteiger partial charge < -0.3 is 9.84 Å². The van der Waals surface area contributed by atoms with Gasteiger partial charge in [-0.1, -0.05) is 28.1 Å². The molecule has 0 aliphatic carbocycles. The second-order valence-electron chi connectivity index (χ2n) is 2.14. The summed E-state index contributed by atoms with van der Waals surface area (Å²) >= 11 is 3.29. The van der Waals surface area contributed by atoms with Crippen molar-refractivity contribution in [3.63, 3.8) is 0 Å². The summed E-state index contributed by atoms with van der Waals surface area (Å²) in [6.45, 7) is 0. The van der Waals surface area contributed by atoms with E-state index in [4.69, 9.17) is 4.74 Å². The van der Waals surface area contributed by atoms with Gasteiger partial charge in [0.05, 0.1) is 0 Å². The molecule has 0 aliphatic heterocycles. The Morgan fingerprint density at radius 2 is 1.91 bits per heavy atom. The molecule has 11 heavy (non-hydrogen) atoms. The Kier molecular flexibility index (Phi) is 3.05. The van der Waals surface area contributed by atoms with Crippen molar-refractivity contribution in [2.45, 2.75) is 6.29 Å². The van der Waals surface area contributed by atoms with Crippen LogP contribution in [0.3, 0.4) is 0 Å². The third-order valence-corrected chi connectivity index (χ3v) is 1.91. The van der Waals surface area contributed by atoms with E-state index in [1.165, 1.54) is 7.11 Å². The van der Waals surface area contributed by atoms with Crippen LogP contribution in [-0.2, 0) is 4.74 Å². The zero-order chi connectivity index (χ0) is 8.27. The van der Waals surface area contributed by atoms with E-state index >= 15 is 0 Å². The van der Waals surface area contributed by atoms with Gasteiger partial charge in [-0.05, 0) is 12.1 Å². The lowest BCUT2D eigenvalue weighted by Crippen LogP contribution is -1.98. The highest BCUT2D eigenvalue weighted by Gasteiger charge is 2.03. The van der Waals surface area contributed by atoms with E-state index in [0.29, 0.717) is 0 Å². The smallest absolute Gasteiger partial charge is 0.180 e. The maximum atomic E-state index is 9.18. The van der Waals surface area contributed by atoms with Gasteiger partial charge in [-0.25, -0.2) is 0 Å². The van der Waals surface area contributed by atoms with E-state index in [2.05, 4.69) is 15.9 Å². The van der Waals surface area contributed by atoms with Gasteiger partial charge in [0, 0.05) is 17.1 Å². The molecule has 0 aromatic heterocycles. The minimum absolute atomic E-state index is 0.760. The van der Waals surface area contributed by atoms with Crippen LogP contribution < -0.4 is 0 Å². The Labute approximate surface area is 73.9 Å². The largest absolute Gasteiger partial charge is 0.364 e. The van der Waals surface area contributed by atoms with E-state index in [-0.39, 0.29) is 0 Å². The molecule has 1 rings (SSSR count). The molecule has 0 aliphatic rings. The number of aliphatic hydroxyl groups is 1. The molecule has 1 aromatic rings. The minimum atomic E-state index is -0.817. The number of benzene rings is 1. The zero-order valence-corrected chi connectivity index (χ0v) is 7.71. The second-order valence-corrected chi connectivity index (χ2v) is 3.06. The zero-order valence-electron chi connectivity index (χ0n) is 6.12.